The minimum Gasteiger partial charge on any atom is -0.457 e. The van der Waals surface area contributed by atoms with Crippen LogP contribution in [0.5, 0.6) is 11.5 Å². The minimum absolute atomic E-state index is 0.00289. The summed E-state index contributed by atoms with van der Waals surface area (Å²) in [6.07, 6.45) is 2.95. The van der Waals surface area contributed by atoms with E-state index < -0.39 is 0 Å². The number of nitrogens with one attached hydrogen (secondary N) is 3. The van der Waals surface area contributed by atoms with Gasteiger partial charge in [0, 0.05) is 42.9 Å². The maximum atomic E-state index is 13.6. The predicted octanol–water partition coefficient (Wildman–Crippen LogP) is 4.10. The van der Waals surface area contributed by atoms with Crippen molar-refractivity contribution in [2.24, 2.45) is 5.92 Å². The van der Waals surface area contributed by atoms with Gasteiger partial charge in [-0.1, -0.05) is 36.9 Å². The number of piperidine rings is 2. The molecule has 0 saturated carbocycles. The zero-order chi connectivity index (χ0) is 27.8. The van der Waals surface area contributed by atoms with Crippen molar-refractivity contribution in [1.82, 2.24) is 20.9 Å². The molecule has 9 nitrogen and oxygen atoms in total. The highest BCUT2D eigenvalue weighted by atomic mass is 32.2. The van der Waals surface area contributed by atoms with E-state index in [2.05, 4.69) is 16.0 Å². The third kappa shape index (κ3) is 5.06. The van der Waals surface area contributed by atoms with Crippen molar-refractivity contribution in [2.45, 2.75) is 57.0 Å². The lowest BCUT2D eigenvalue weighted by molar-refractivity contribution is -0.133. The molecule has 4 unspecified atom stereocenters. The average Bonchev–Trinajstić information content (AvgIpc) is 3.33. The summed E-state index contributed by atoms with van der Waals surface area (Å²) in [5, 5.41) is 9.81. The molecule has 4 aliphatic rings. The number of urea groups is 1. The van der Waals surface area contributed by atoms with Crippen LogP contribution in [0.4, 0.5) is 10.5 Å². The summed E-state index contributed by atoms with van der Waals surface area (Å²) in [7, 11) is 0. The van der Waals surface area contributed by atoms with E-state index in [0.29, 0.717) is 29.3 Å². The number of amides is 4. The van der Waals surface area contributed by atoms with Gasteiger partial charge in [0.15, 0.2) is 0 Å². The van der Waals surface area contributed by atoms with E-state index in [1.807, 2.05) is 72.2 Å². The molecular weight excluding hydrogens is 526 g/mol. The molecule has 4 atom stereocenters. The number of ether oxygens (including phenoxy) is 1. The van der Waals surface area contributed by atoms with Crippen LogP contribution >= 0.6 is 11.8 Å². The van der Waals surface area contributed by atoms with E-state index in [0.717, 1.165) is 49.4 Å². The van der Waals surface area contributed by atoms with E-state index >= 15 is 0 Å². The van der Waals surface area contributed by atoms with E-state index in [9.17, 15) is 14.4 Å². The second kappa shape index (κ2) is 11.2. The van der Waals surface area contributed by atoms with Gasteiger partial charge in [0.1, 0.15) is 11.5 Å². The first kappa shape index (κ1) is 26.7. The summed E-state index contributed by atoms with van der Waals surface area (Å²) in [4.78, 5) is 43.6. The normalized spacial score (nSPS) is 25.8. The first-order valence-electron chi connectivity index (χ1n) is 14.1. The monoisotopic (exact) mass is 561 g/mol. The average molecular weight is 562 g/mol. The van der Waals surface area contributed by atoms with Crippen molar-refractivity contribution < 1.29 is 19.1 Å². The number of nitrogens with zero attached hydrogens (tertiary/aromatic N) is 2. The molecule has 0 bridgehead atoms. The molecule has 210 valence electrons. The Bertz CT molecular complexity index is 1350. The molecule has 10 heteroatoms. The summed E-state index contributed by atoms with van der Waals surface area (Å²) in [6, 6.07) is 15.0. The van der Waals surface area contributed by atoms with E-state index in [1.54, 1.807) is 0 Å². The topological polar surface area (TPSA) is 103 Å². The number of carbonyl (C=O) groups excluding carboxylic acids is 3. The standard InChI is InChI=1S/C30H35N5O4S/c1-3-24(36)34-15-7-8-19(17-34)32-28(37)27-26-25-23(13-14-31-29(25)40-27)35(30(38)33-26)22-12-11-21(16-18(22)2)39-20-9-5-4-6-10-20/h4-6,9-12,16,19,23,25,29,31H,3,7-8,13-15,17H2,1-2H3,(H,32,37)(H,33,38). The van der Waals surface area contributed by atoms with Gasteiger partial charge in [-0.2, -0.15) is 0 Å². The minimum atomic E-state index is -0.220. The van der Waals surface area contributed by atoms with E-state index in [1.165, 1.54) is 11.8 Å². The van der Waals surface area contributed by atoms with Crippen LogP contribution in [-0.4, -0.2) is 59.8 Å². The van der Waals surface area contributed by atoms with Crippen LogP contribution in [0.1, 0.15) is 38.2 Å². The Balaban J connectivity index is 1.21. The van der Waals surface area contributed by atoms with E-state index in [4.69, 9.17) is 4.74 Å². The number of anilines is 1. The van der Waals surface area contributed by atoms with Gasteiger partial charge in [-0.05, 0) is 68.6 Å². The lowest BCUT2D eigenvalue weighted by Crippen LogP contribution is -2.62. The highest BCUT2D eigenvalue weighted by Crippen LogP contribution is 2.48. The molecule has 0 aliphatic carbocycles. The van der Waals surface area contributed by atoms with Gasteiger partial charge in [-0.3, -0.25) is 14.5 Å². The first-order chi connectivity index (χ1) is 19.4. The van der Waals surface area contributed by atoms with Crippen molar-refractivity contribution in [2.75, 3.05) is 24.5 Å². The largest absolute Gasteiger partial charge is 0.457 e. The molecular formula is C30H35N5O4S. The van der Waals surface area contributed by atoms with Gasteiger partial charge in [0.2, 0.25) is 5.91 Å². The van der Waals surface area contributed by atoms with Crippen LogP contribution in [0.15, 0.2) is 59.1 Å². The van der Waals surface area contributed by atoms with Crippen LogP contribution < -0.4 is 25.6 Å². The van der Waals surface area contributed by atoms with Gasteiger partial charge in [-0.25, -0.2) is 4.79 Å². The van der Waals surface area contributed by atoms with E-state index in [-0.39, 0.29) is 41.2 Å². The molecule has 3 fully saturated rings. The lowest BCUT2D eigenvalue weighted by atomic mass is 9.86. The molecule has 4 aliphatic heterocycles. The molecule has 4 heterocycles. The highest BCUT2D eigenvalue weighted by molar-refractivity contribution is 8.04. The van der Waals surface area contributed by atoms with Crippen molar-refractivity contribution >= 4 is 35.3 Å². The van der Waals surface area contributed by atoms with Crippen LogP contribution in [0.25, 0.3) is 0 Å². The highest BCUT2D eigenvalue weighted by Gasteiger charge is 2.52. The molecule has 0 spiro atoms. The van der Waals surface area contributed by atoms with Crippen LogP contribution in [-0.2, 0) is 9.59 Å². The smallest absolute Gasteiger partial charge is 0.326 e. The molecule has 40 heavy (non-hydrogen) atoms. The molecule has 4 amide bonds. The molecule has 2 aromatic carbocycles. The van der Waals surface area contributed by atoms with Gasteiger partial charge in [0.05, 0.1) is 16.3 Å². The summed E-state index contributed by atoms with van der Waals surface area (Å²) >= 11 is 1.50. The van der Waals surface area contributed by atoms with Crippen LogP contribution in [0.2, 0.25) is 0 Å². The Hall–Kier alpha value is -3.50. The number of rotatable bonds is 6. The van der Waals surface area contributed by atoms with Gasteiger partial charge in [0.25, 0.3) is 5.91 Å². The Morgan fingerprint density at radius 3 is 2.73 bits per heavy atom. The Morgan fingerprint density at radius 2 is 1.95 bits per heavy atom. The second-order valence-electron chi connectivity index (χ2n) is 10.8. The SMILES string of the molecule is CCC(=O)N1CCCC(NC(=O)C2=C3NC(=O)N(c4ccc(Oc5ccccc5)cc4C)C4CCNC(S2)C34)C1. The third-order valence-electron chi connectivity index (χ3n) is 8.17. The Labute approximate surface area is 238 Å². The maximum absolute atomic E-state index is 13.6. The number of carbonyl (C=O) groups is 3. The number of benzene rings is 2. The summed E-state index contributed by atoms with van der Waals surface area (Å²) < 4.78 is 6.00. The van der Waals surface area contributed by atoms with Gasteiger partial charge >= 0.3 is 6.03 Å². The Kier molecular flexibility index (Phi) is 7.46. The fraction of sp³-hybridized carbons (Fsp3) is 0.433. The number of hydrogen-bond donors (Lipinski definition) is 3. The second-order valence-corrected chi connectivity index (χ2v) is 11.9. The van der Waals surface area contributed by atoms with Crippen LogP contribution in [0.3, 0.4) is 0 Å². The quantitative estimate of drug-likeness (QED) is 0.491. The number of thioether (sulfide) groups is 1. The zero-order valence-corrected chi connectivity index (χ0v) is 23.6. The zero-order valence-electron chi connectivity index (χ0n) is 22.8. The van der Waals surface area contributed by atoms with Gasteiger partial charge < -0.3 is 25.6 Å². The fourth-order valence-electron chi connectivity index (χ4n) is 6.28. The van der Waals surface area contributed by atoms with Crippen molar-refractivity contribution in [1.29, 1.82) is 0 Å². The number of aryl methyl sites for hydroxylation is 1. The van der Waals surface area contributed by atoms with Crippen molar-refractivity contribution in [3.05, 3.63) is 64.7 Å². The number of hydrogen-bond acceptors (Lipinski definition) is 6. The first-order valence-corrected chi connectivity index (χ1v) is 15.0. The number of likely N-dealkylation sites (tertiary alicyclic amines) is 1. The van der Waals surface area contributed by atoms with Crippen molar-refractivity contribution in [3.8, 4) is 11.5 Å². The summed E-state index contributed by atoms with van der Waals surface area (Å²) in [6.45, 7) is 5.88. The summed E-state index contributed by atoms with van der Waals surface area (Å²) in [5.74, 6) is 1.39. The lowest BCUT2D eigenvalue weighted by Gasteiger charge is -2.46. The maximum Gasteiger partial charge on any atom is 0.326 e. The van der Waals surface area contributed by atoms with Gasteiger partial charge in [-0.15, -0.1) is 0 Å². The Morgan fingerprint density at radius 1 is 1.12 bits per heavy atom. The predicted molar refractivity (Wildman–Crippen MR) is 155 cm³/mol. The van der Waals surface area contributed by atoms with Crippen molar-refractivity contribution in [3.63, 3.8) is 0 Å². The summed E-state index contributed by atoms with van der Waals surface area (Å²) in [5.41, 5.74) is 2.50. The molecule has 6 rings (SSSR count). The third-order valence-corrected chi connectivity index (χ3v) is 9.52. The van der Waals surface area contributed by atoms with Crippen LogP contribution in [0, 0.1) is 12.8 Å². The molecule has 0 radical (unpaired) electrons. The fourth-order valence-corrected chi connectivity index (χ4v) is 7.68. The number of para-hydroxylation sites is 1. The molecule has 0 aromatic heterocycles. The molecule has 3 N–H and O–H groups in total. The molecule has 3 saturated heterocycles. The molecule has 2 aromatic rings.